The molecule has 1 aromatic carbocycles. The van der Waals surface area contributed by atoms with Crippen molar-refractivity contribution in [2.24, 2.45) is 0 Å². The first-order chi connectivity index (χ1) is 7.25. The van der Waals surface area contributed by atoms with E-state index in [2.05, 4.69) is 0 Å². The van der Waals surface area contributed by atoms with Gasteiger partial charge in [-0.15, -0.1) is 6.26 Å². The summed E-state index contributed by atoms with van der Waals surface area (Å²) in [7, 11) is 3.84. The van der Waals surface area contributed by atoms with E-state index in [1.54, 1.807) is 0 Å². The largest absolute Gasteiger partial charge is 2.00 e. The van der Waals surface area contributed by atoms with E-state index in [0.717, 1.165) is 17.5 Å². The molecule has 0 N–H and O–H groups in total. The molecular formula is C13H15FeNO. The van der Waals surface area contributed by atoms with Crippen LogP contribution in [0.15, 0.2) is 66.1 Å². The van der Waals surface area contributed by atoms with Gasteiger partial charge in [-0.3, -0.25) is 0 Å². The Morgan fingerprint density at radius 2 is 1.88 bits per heavy atom. The monoisotopic (exact) mass is 257 g/mol. The zero-order chi connectivity index (χ0) is 11.1. The summed E-state index contributed by atoms with van der Waals surface area (Å²) in [6.45, 7) is 0. The van der Waals surface area contributed by atoms with Crippen LogP contribution in [0.3, 0.4) is 0 Å². The molecule has 0 heterocycles. The summed E-state index contributed by atoms with van der Waals surface area (Å²) in [5.41, 5.74) is 1.74. The molecule has 0 aliphatic heterocycles. The average Bonchev–Trinajstić information content (AvgIpc) is 2.92. The molecule has 0 saturated heterocycles. The molecule has 1 aliphatic rings. The smallest absolute Gasteiger partial charge is 0.877 e. The van der Waals surface area contributed by atoms with Crippen molar-refractivity contribution in [2.45, 2.75) is 0 Å². The van der Waals surface area contributed by atoms with Gasteiger partial charge in [0.15, 0.2) is 0 Å². The minimum Gasteiger partial charge on any atom is -0.877 e. The Bertz CT molecular complexity index is 344. The second-order valence-corrected chi connectivity index (χ2v) is 3.34. The first kappa shape index (κ1) is 14.7. The summed E-state index contributed by atoms with van der Waals surface area (Å²) in [5.74, 6) is 0. The van der Waals surface area contributed by atoms with E-state index in [4.69, 9.17) is 0 Å². The molecule has 0 atom stereocenters. The molecule has 0 saturated carbocycles. The van der Waals surface area contributed by atoms with Crippen molar-refractivity contribution in [3.63, 3.8) is 0 Å². The maximum absolute atomic E-state index is 10.4. The number of hydrogen-bond donors (Lipinski definition) is 0. The van der Waals surface area contributed by atoms with E-state index in [-0.39, 0.29) is 17.1 Å². The summed E-state index contributed by atoms with van der Waals surface area (Å²) < 4.78 is 0. The van der Waals surface area contributed by atoms with Crippen molar-refractivity contribution in [3.8, 4) is 0 Å². The van der Waals surface area contributed by atoms with Crippen LogP contribution in [-0.2, 0) is 17.1 Å². The number of allylic oxidation sites excluding steroid dienone is 3. The van der Waals surface area contributed by atoms with Crippen LogP contribution in [0.2, 0.25) is 0 Å². The molecule has 0 aromatic heterocycles. The first-order valence-electron chi connectivity index (χ1n) is 4.80. The van der Waals surface area contributed by atoms with E-state index in [9.17, 15) is 5.11 Å². The minimum atomic E-state index is 0. The average molecular weight is 257 g/mol. The standard InChI is InChI=1S/C8H11NO.C5H5.Fe/c1-9(2)8-5-3-4-7(8)6-10;1-2-4-5-3-1;/h3-6,10H,1-2H3;1-5H;/q;-1;+2/p-1. The molecule has 0 amide bonds. The third-order valence-corrected chi connectivity index (χ3v) is 1.99. The molecule has 3 heteroatoms. The van der Waals surface area contributed by atoms with Crippen LogP contribution < -0.4 is 5.11 Å². The van der Waals surface area contributed by atoms with Gasteiger partial charge in [0, 0.05) is 19.8 Å². The number of likely N-dealkylation sites (N-methyl/N-ethyl adjacent to an activating group) is 1. The molecule has 0 radical (unpaired) electrons. The Labute approximate surface area is 107 Å². The van der Waals surface area contributed by atoms with Crippen molar-refractivity contribution >= 4 is 0 Å². The van der Waals surface area contributed by atoms with E-state index < -0.39 is 0 Å². The van der Waals surface area contributed by atoms with Crippen LogP contribution in [0.1, 0.15) is 0 Å². The van der Waals surface area contributed by atoms with E-state index >= 15 is 0 Å². The Hall–Kier alpha value is -1.31. The van der Waals surface area contributed by atoms with Gasteiger partial charge in [-0.2, -0.15) is 18.2 Å². The summed E-state index contributed by atoms with van der Waals surface area (Å²) in [4.78, 5) is 1.92. The molecule has 16 heavy (non-hydrogen) atoms. The zero-order valence-electron chi connectivity index (χ0n) is 9.41. The first-order valence-corrected chi connectivity index (χ1v) is 4.80. The summed E-state index contributed by atoms with van der Waals surface area (Å²) >= 11 is 0. The molecule has 0 spiro atoms. The van der Waals surface area contributed by atoms with Crippen molar-refractivity contribution in [2.75, 3.05) is 14.1 Å². The molecule has 2 nitrogen and oxygen atoms in total. The van der Waals surface area contributed by atoms with Gasteiger partial charge in [-0.1, -0.05) is 12.2 Å². The maximum Gasteiger partial charge on any atom is 2.00 e. The van der Waals surface area contributed by atoms with Crippen molar-refractivity contribution < 1.29 is 22.2 Å². The van der Waals surface area contributed by atoms with Crippen LogP contribution in [-0.4, -0.2) is 19.0 Å². The molecule has 1 aromatic rings. The van der Waals surface area contributed by atoms with Crippen LogP contribution >= 0.6 is 0 Å². The Kier molecular flexibility index (Phi) is 7.27. The van der Waals surface area contributed by atoms with Crippen LogP contribution in [0.5, 0.6) is 0 Å². The molecule has 0 fully saturated rings. The number of hydrogen-bond acceptors (Lipinski definition) is 2. The van der Waals surface area contributed by atoms with Gasteiger partial charge in [0.2, 0.25) is 0 Å². The molecule has 0 bridgehead atoms. The topological polar surface area (TPSA) is 26.3 Å². The maximum atomic E-state index is 10.4. The summed E-state index contributed by atoms with van der Waals surface area (Å²) in [6.07, 6.45) is 6.47. The van der Waals surface area contributed by atoms with E-state index in [1.807, 2.05) is 67.6 Å². The third kappa shape index (κ3) is 4.47. The SMILES string of the molecule is CN(C)C1=CC=CC1=C[O-].[Fe+2].c1cc[cH-]c1. The summed E-state index contributed by atoms with van der Waals surface area (Å²) in [5, 5.41) is 10.4. The molecule has 86 valence electrons. The minimum absolute atomic E-state index is 0. The summed E-state index contributed by atoms with van der Waals surface area (Å²) in [6, 6.07) is 10.0. The predicted octanol–water partition coefficient (Wildman–Crippen LogP) is 1.65. The van der Waals surface area contributed by atoms with Crippen molar-refractivity contribution in [3.05, 3.63) is 66.1 Å². The van der Waals surface area contributed by atoms with Crippen molar-refractivity contribution in [1.82, 2.24) is 4.90 Å². The van der Waals surface area contributed by atoms with E-state index in [1.165, 1.54) is 0 Å². The Balaban J connectivity index is 0.000000318. The molecule has 1 aliphatic carbocycles. The fraction of sp³-hybridized carbons (Fsp3) is 0.154. The van der Waals surface area contributed by atoms with Crippen LogP contribution in [0, 0.1) is 0 Å². The number of nitrogens with zero attached hydrogens (tertiary/aromatic N) is 1. The normalized spacial score (nSPS) is 14.9. The van der Waals surface area contributed by atoms with Gasteiger partial charge in [-0.05, 0) is 11.6 Å². The molecule has 0 unspecified atom stereocenters. The van der Waals surface area contributed by atoms with Crippen LogP contribution in [0.4, 0.5) is 0 Å². The van der Waals surface area contributed by atoms with Crippen LogP contribution in [0.25, 0.3) is 0 Å². The fourth-order valence-corrected chi connectivity index (χ4v) is 1.25. The second kappa shape index (κ2) is 7.91. The Morgan fingerprint density at radius 1 is 1.25 bits per heavy atom. The van der Waals surface area contributed by atoms with Gasteiger partial charge >= 0.3 is 17.1 Å². The van der Waals surface area contributed by atoms with Gasteiger partial charge in [0.1, 0.15) is 0 Å². The van der Waals surface area contributed by atoms with Gasteiger partial charge < -0.3 is 10.0 Å². The fourth-order valence-electron chi connectivity index (χ4n) is 1.25. The van der Waals surface area contributed by atoms with Crippen molar-refractivity contribution in [1.29, 1.82) is 0 Å². The number of rotatable bonds is 1. The molecule has 2 rings (SSSR count). The quantitative estimate of drug-likeness (QED) is 0.434. The van der Waals surface area contributed by atoms with Gasteiger partial charge in [0.05, 0.1) is 0 Å². The van der Waals surface area contributed by atoms with Gasteiger partial charge in [0.25, 0.3) is 0 Å². The third-order valence-electron chi connectivity index (χ3n) is 1.99. The Morgan fingerprint density at radius 3 is 2.19 bits per heavy atom. The molecular weight excluding hydrogens is 242 g/mol. The van der Waals surface area contributed by atoms with Gasteiger partial charge in [-0.25, -0.2) is 12.1 Å². The predicted molar refractivity (Wildman–Crippen MR) is 61.0 cm³/mol. The zero-order valence-corrected chi connectivity index (χ0v) is 10.5. The van der Waals surface area contributed by atoms with E-state index in [0.29, 0.717) is 0 Å². The second-order valence-electron chi connectivity index (χ2n) is 3.34.